The van der Waals surface area contributed by atoms with E-state index < -0.39 is 5.91 Å². The summed E-state index contributed by atoms with van der Waals surface area (Å²) in [7, 11) is 0. The van der Waals surface area contributed by atoms with E-state index in [1.54, 1.807) is 23.7 Å². The van der Waals surface area contributed by atoms with E-state index in [9.17, 15) is 9.59 Å². The number of carbonyl (C=O) groups excluding carboxylic acids is 2. The van der Waals surface area contributed by atoms with Crippen LogP contribution < -0.4 is 10.2 Å². The number of hydrogen-bond acceptors (Lipinski definition) is 4. The Morgan fingerprint density at radius 3 is 2.74 bits per heavy atom. The number of hydrogen-bond donors (Lipinski definition) is 2. The highest BCUT2D eigenvalue weighted by Gasteiger charge is 2.42. The van der Waals surface area contributed by atoms with Gasteiger partial charge in [-0.15, -0.1) is 0 Å². The average molecular weight is 318 g/mol. The quantitative estimate of drug-likeness (QED) is 0.646. The van der Waals surface area contributed by atoms with Gasteiger partial charge in [-0.3, -0.25) is 14.8 Å². The van der Waals surface area contributed by atoms with Crippen LogP contribution in [-0.4, -0.2) is 34.6 Å². The summed E-state index contributed by atoms with van der Waals surface area (Å²) in [6.07, 6.45) is 2.84. The minimum absolute atomic E-state index is 0.156. The monoisotopic (exact) mass is 318 g/mol. The molecule has 1 aliphatic carbocycles. The SMILES string of the molecule is C[C@H]1CN(C(=O)C2(C)CCC2)Cc2ccc(C(=O)NO)cc2O1. The van der Waals surface area contributed by atoms with E-state index in [0.717, 1.165) is 24.8 Å². The van der Waals surface area contributed by atoms with Crippen LogP contribution in [0.2, 0.25) is 0 Å². The summed E-state index contributed by atoms with van der Waals surface area (Å²) in [5.74, 6) is 0.195. The Kier molecular flexibility index (Phi) is 4.02. The number of ether oxygens (including phenoxy) is 1. The first kappa shape index (κ1) is 15.8. The molecule has 1 heterocycles. The van der Waals surface area contributed by atoms with Crippen LogP contribution in [0.25, 0.3) is 0 Å². The Labute approximate surface area is 135 Å². The lowest BCUT2D eigenvalue weighted by molar-refractivity contribution is -0.147. The van der Waals surface area contributed by atoms with Crippen LogP contribution in [0, 0.1) is 5.41 Å². The fourth-order valence-electron chi connectivity index (χ4n) is 3.29. The molecule has 3 rings (SSSR count). The molecule has 0 saturated heterocycles. The van der Waals surface area contributed by atoms with Gasteiger partial charge in [0.25, 0.3) is 5.91 Å². The van der Waals surface area contributed by atoms with Crippen LogP contribution in [0.3, 0.4) is 0 Å². The second-order valence-electron chi connectivity index (χ2n) is 6.79. The molecule has 0 radical (unpaired) electrons. The summed E-state index contributed by atoms with van der Waals surface area (Å²) in [6.45, 7) is 4.96. The summed E-state index contributed by atoms with van der Waals surface area (Å²) in [6, 6.07) is 5.01. The van der Waals surface area contributed by atoms with Gasteiger partial charge in [0, 0.05) is 23.1 Å². The number of amides is 2. The summed E-state index contributed by atoms with van der Waals surface area (Å²) >= 11 is 0. The fourth-order valence-corrected chi connectivity index (χ4v) is 3.29. The van der Waals surface area contributed by atoms with E-state index in [2.05, 4.69) is 0 Å². The van der Waals surface area contributed by atoms with Crippen LogP contribution in [0.1, 0.15) is 49.0 Å². The molecule has 0 bridgehead atoms. The lowest BCUT2D eigenvalue weighted by Gasteiger charge is -2.40. The van der Waals surface area contributed by atoms with Gasteiger partial charge in [0.1, 0.15) is 11.9 Å². The van der Waals surface area contributed by atoms with Gasteiger partial charge in [-0.05, 0) is 31.9 Å². The number of hydroxylamine groups is 1. The van der Waals surface area contributed by atoms with E-state index >= 15 is 0 Å². The lowest BCUT2D eigenvalue weighted by atomic mass is 9.69. The summed E-state index contributed by atoms with van der Waals surface area (Å²) in [5, 5.41) is 8.74. The summed E-state index contributed by atoms with van der Waals surface area (Å²) in [5.41, 5.74) is 2.58. The molecule has 23 heavy (non-hydrogen) atoms. The normalized spacial score (nSPS) is 22.2. The predicted molar refractivity (Wildman–Crippen MR) is 83.2 cm³/mol. The molecule has 2 N–H and O–H groups in total. The lowest BCUT2D eigenvalue weighted by Crippen LogP contribution is -2.47. The van der Waals surface area contributed by atoms with Crippen molar-refractivity contribution in [3.63, 3.8) is 0 Å². The Hall–Kier alpha value is -2.08. The van der Waals surface area contributed by atoms with Gasteiger partial charge in [-0.25, -0.2) is 5.48 Å². The van der Waals surface area contributed by atoms with Gasteiger partial charge in [0.15, 0.2) is 0 Å². The van der Waals surface area contributed by atoms with Crippen molar-refractivity contribution >= 4 is 11.8 Å². The number of rotatable bonds is 2. The highest BCUT2D eigenvalue weighted by atomic mass is 16.5. The number of nitrogens with zero attached hydrogens (tertiary/aromatic N) is 1. The molecule has 1 aliphatic heterocycles. The molecule has 2 aliphatic rings. The predicted octanol–water partition coefficient (Wildman–Crippen LogP) is 2.11. The zero-order valence-electron chi connectivity index (χ0n) is 13.5. The zero-order valence-corrected chi connectivity index (χ0v) is 13.5. The van der Waals surface area contributed by atoms with Gasteiger partial charge >= 0.3 is 0 Å². The first-order valence-electron chi connectivity index (χ1n) is 7.96. The highest BCUT2D eigenvalue weighted by Crippen LogP contribution is 2.42. The van der Waals surface area contributed by atoms with Crippen LogP contribution in [-0.2, 0) is 11.3 Å². The Balaban J connectivity index is 1.86. The number of nitrogens with one attached hydrogen (secondary N) is 1. The van der Waals surface area contributed by atoms with Crippen molar-refractivity contribution in [2.75, 3.05) is 6.54 Å². The molecule has 1 fully saturated rings. The molecule has 1 aromatic rings. The van der Waals surface area contributed by atoms with E-state index in [4.69, 9.17) is 9.94 Å². The Bertz CT molecular complexity index is 639. The van der Waals surface area contributed by atoms with Gasteiger partial charge in [0.2, 0.25) is 5.91 Å². The molecule has 2 amide bonds. The molecule has 1 saturated carbocycles. The maximum absolute atomic E-state index is 12.8. The topological polar surface area (TPSA) is 78.9 Å². The van der Waals surface area contributed by atoms with Crippen molar-refractivity contribution in [2.45, 2.75) is 45.8 Å². The van der Waals surface area contributed by atoms with Crippen molar-refractivity contribution in [1.82, 2.24) is 10.4 Å². The first-order chi connectivity index (χ1) is 10.9. The molecule has 6 nitrogen and oxygen atoms in total. The standard InChI is InChI=1S/C17H22N2O4/c1-11-9-19(16(21)17(2)6-3-7-17)10-13-5-4-12(15(20)18-22)8-14(13)23-11/h4-5,8,11,22H,3,6-7,9-10H2,1-2H3,(H,18,20)/t11-/m0/s1. The Morgan fingerprint density at radius 2 is 2.13 bits per heavy atom. The number of benzene rings is 1. The van der Waals surface area contributed by atoms with Crippen molar-refractivity contribution < 1.29 is 19.5 Å². The van der Waals surface area contributed by atoms with Gasteiger partial charge in [0.05, 0.1) is 6.54 Å². The summed E-state index contributed by atoms with van der Waals surface area (Å²) in [4.78, 5) is 26.2. The minimum atomic E-state index is -0.580. The van der Waals surface area contributed by atoms with E-state index in [0.29, 0.717) is 24.4 Å². The largest absolute Gasteiger partial charge is 0.488 e. The van der Waals surface area contributed by atoms with E-state index in [-0.39, 0.29) is 17.4 Å². The molecule has 6 heteroatoms. The smallest absolute Gasteiger partial charge is 0.274 e. The molecule has 1 aromatic carbocycles. The van der Waals surface area contributed by atoms with Crippen molar-refractivity contribution in [2.24, 2.45) is 5.41 Å². The second kappa shape index (κ2) is 5.85. The average Bonchev–Trinajstić information content (AvgIpc) is 2.68. The van der Waals surface area contributed by atoms with Gasteiger partial charge < -0.3 is 9.64 Å². The summed E-state index contributed by atoms with van der Waals surface area (Å²) < 4.78 is 5.88. The number of carbonyl (C=O) groups is 2. The van der Waals surface area contributed by atoms with Crippen LogP contribution in [0.15, 0.2) is 18.2 Å². The molecular formula is C17H22N2O4. The van der Waals surface area contributed by atoms with Crippen molar-refractivity contribution in [1.29, 1.82) is 0 Å². The van der Waals surface area contributed by atoms with E-state index in [1.807, 2.05) is 18.7 Å². The number of fused-ring (bicyclic) bond motifs is 1. The molecule has 0 aromatic heterocycles. The highest BCUT2D eigenvalue weighted by molar-refractivity contribution is 5.93. The van der Waals surface area contributed by atoms with E-state index in [1.165, 1.54) is 0 Å². The van der Waals surface area contributed by atoms with Crippen LogP contribution in [0.4, 0.5) is 0 Å². The van der Waals surface area contributed by atoms with Crippen molar-refractivity contribution in [3.05, 3.63) is 29.3 Å². The second-order valence-corrected chi connectivity index (χ2v) is 6.79. The van der Waals surface area contributed by atoms with Gasteiger partial charge in [-0.1, -0.05) is 19.4 Å². The van der Waals surface area contributed by atoms with Crippen LogP contribution >= 0.6 is 0 Å². The zero-order chi connectivity index (χ0) is 16.6. The molecular weight excluding hydrogens is 296 g/mol. The third-order valence-electron chi connectivity index (χ3n) is 4.86. The third kappa shape index (κ3) is 2.91. The maximum atomic E-state index is 12.8. The molecule has 124 valence electrons. The van der Waals surface area contributed by atoms with Gasteiger partial charge in [-0.2, -0.15) is 0 Å². The third-order valence-corrected chi connectivity index (χ3v) is 4.86. The first-order valence-corrected chi connectivity index (χ1v) is 7.96. The van der Waals surface area contributed by atoms with Crippen LogP contribution in [0.5, 0.6) is 5.75 Å². The Morgan fingerprint density at radius 1 is 1.39 bits per heavy atom. The molecule has 1 atom stereocenters. The maximum Gasteiger partial charge on any atom is 0.274 e. The molecule has 0 spiro atoms. The van der Waals surface area contributed by atoms with Crippen molar-refractivity contribution in [3.8, 4) is 5.75 Å². The fraction of sp³-hybridized carbons (Fsp3) is 0.529. The minimum Gasteiger partial charge on any atom is -0.488 e. The molecule has 0 unspecified atom stereocenters.